The van der Waals surface area contributed by atoms with Crippen molar-refractivity contribution in [2.24, 2.45) is 0 Å². The van der Waals surface area contributed by atoms with Gasteiger partial charge in [0.1, 0.15) is 5.58 Å². The highest BCUT2D eigenvalue weighted by Gasteiger charge is 2.21. The number of benzene rings is 1. The Hall–Kier alpha value is -2.67. The van der Waals surface area contributed by atoms with E-state index in [-0.39, 0.29) is 17.6 Å². The van der Waals surface area contributed by atoms with Gasteiger partial charge >= 0.3 is 11.8 Å². The van der Waals surface area contributed by atoms with Crippen LogP contribution in [0.1, 0.15) is 21.8 Å². The summed E-state index contributed by atoms with van der Waals surface area (Å²) in [6.45, 7) is 5.20. The average Bonchev–Trinajstić information content (AvgIpc) is 3.12. The zero-order valence-electron chi connectivity index (χ0n) is 14.2. The van der Waals surface area contributed by atoms with Gasteiger partial charge in [-0.15, -0.1) is 0 Å². The Kier molecular flexibility index (Phi) is 4.35. The van der Waals surface area contributed by atoms with E-state index in [1.165, 1.54) is 0 Å². The number of likely N-dealkylation sites (N-methyl/N-ethyl adjacent to an activating group) is 1. The van der Waals surface area contributed by atoms with Crippen LogP contribution in [-0.2, 0) is 0 Å². The SMILES string of the molecule is Cc1ccc2oc(-c3noc(C(=O)NCCN(C)C)n3)c(C)c2c1. The van der Waals surface area contributed by atoms with Crippen LogP contribution in [-0.4, -0.2) is 48.1 Å². The van der Waals surface area contributed by atoms with Gasteiger partial charge in [0, 0.05) is 24.0 Å². The Morgan fingerprint density at radius 2 is 2.08 bits per heavy atom. The smallest absolute Gasteiger partial charge is 0.316 e. The molecule has 1 amide bonds. The molecule has 2 heterocycles. The quantitative estimate of drug-likeness (QED) is 0.774. The lowest BCUT2D eigenvalue weighted by Gasteiger charge is -2.08. The number of carbonyl (C=O) groups is 1. The largest absolute Gasteiger partial charge is 0.452 e. The first kappa shape index (κ1) is 16.2. The number of carbonyl (C=O) groups excluding carboxylic acids is 1. The second-order valence-electron chi connectivity index (χ2n) is 6.04. The van der Waals surface area contributed by atoms with Crippen molar-refractivity contribution in [2.75, 3.05) is 27.2 Å². The van der Waals surface area contributed by atoms with Crippen LogP contribution in [0.2, 0.25) is 0 Å². The Bertz CT molecular complexity index is 879. The zero-order valence-corrected chi connectivity index (χ0v) is 14.2. The van der Waals surface area contributed by atoms with Crippen LogP contribution in [0.4, 0.5) is 0 Å². The maximum Gasteiger partial charge on any atom is 0.316 e. The molecule has 0 saturated heterocycles. The van der Waals surface area contributed by atoms with Gasteiger partial charge in [-0.3, -0.25) is 4.79 Å². The minimum atomic E-state index is -0.389. The summed E-state index contributed by atoms with van der Waals surface area (Å²) < 4.78 is 10.9. The van der Waals surface area contributed by atoms with Crippen LogP contribution in [0.3, 0.4) is 0 Å². The van der Waals surface area contributed by atoms with Gasteiger partial charge < -0.3 is 19.2 Å². The molecular weight excluding hydrogens is 308 g/mol. The van der Waals surface area contributed by atoms with Crippen molar-refractivity contribution in [3.63, 3.8) is 0 Å². The van der Waals surface area contributed by atoms with Gasteiger partial charge in [-0.05, 0) is 40.1 Å². The van der Waals surface area contributed by atoms with E-state index in [0.29, 0.717) is 12.3 Å². The average molecular weight is 328 g/mol. The van der Waals surface area contributed by atoms with Gasteiger partial charge in [0.25, 0.3) is 0 Å². The topological polar surface area (TPSA) is 84.4 Å². The van der Waals surface area contributed by atoms with Crippen molar-refractivity contribution < 1.29 is 13.7 Å². The number of hydrogen-bond donors (Lipinski definition) is 1. The summed E-state index contributed by atoms with van der Waals surface area (Å²) in [6, 6.07) is 5.94. The Balaban J connectivity index is 1.83. The fourth-order valence-electron chi connectivity index (χ4n) is 2.42. The molecule has 0 radical (unpaired) electrons. The Morgan fingerprint density at radius 3 is 2.83 bits per heavy atom. The number of nitrogens with zero attached hydrogens (tertiary/aromatic N) is 3. The molecule has 3 aromatic rings. The van der Waals surface area contributed by atoms with E-state index in [9.17, 15) is 4.79 Å². The van der Waals surface area contributed by atoms with E-state index >= 15 is 0 Å². The normalized spacial score (nSPS) is 11.4. The van der Waals surface area contributed by atoms with Gasteiger partial charge in [0.2, 0.25) is 5.82 Å². The Morgan fingerprint density at radius 1 is 1.29 bits per heavy atom. The summed E-state index contributed by atoms with van der Waals surface area (Å²) in [5, 5.41) is 7.62. The van der Waals surface area contributed by atoms with Crippen molar-refractivity contribution >= 4 is 16.9 Å². The highest BCUT2D eigenvalue weighted by Crippen LogP contribution is 2.31. The molecule has 3 rings (SSSR count). The molecule has 0 spiro atoms. The van der Waals surface area contributed by atoms with Crippen molar-refractivity contribution in [3.8, 4) is 11.6 Å². The molecule has 0 aliphatic rings. The molecule has 0 aliphatic heterocycles. The number of aryl methyl sites for hydroxylation is 2. The molecule has 2 aromatic heterocycles. The molecule has 7 nitrogen and oxygen atoms in total. The fourth-order valence-corrected chi connectivity index (χ4v) is 2.42. The summed E-state index contributed by atoms with van der Waals surface area (Å²) in [5.41, 5.74) is 2.83. The standard InChI is InChI=1S/C17H20N4O3/c1-10-5-6-13-12(9-10)11(2)14(23-13)15-19-17(24-20-15)16(22)18-7-8-21(3)4/h5-6,9H,7-8H2,1-4H3,(H,18,22). The van der Waals surface area contributed by atoms with Gasteiger partial charge in [-0.2, -0.15) is 4.98 Å². The van der Waals surface area contributed by atoms with Gasteiger partial charge in [-0.25, -0.2) is 0 Å². The Labute approximate surface area is 139 Å². The molecule has 24 heavy (non-hydrogen) atoms. The molecule has 1 N–H and O–H groups in total. The molecule has 0 aliphatic carbocycles. The van der Waals surface area contributed by atoms with E-state index in [1.807, 2.05) is 51.0 Å². The van der Waals surface area contributed by atoms with E-state index in [0.717, 1.165) is 28.6 Å². The minimum Gasteiger partial charge on any atom is -0.452 e. The molecular formula is C17H20N4O3. The van der Waals surface area contributed by atoms with E-state index in [1.54, 1.807) is 0 Å². The number of hydrogen-bond acceptors (Lipinski definition) is 6. The molecule has 0 bridgehead atoms. The highest BCUT2D eigenvalue weighted by atomic mass is 16.5. The lowest BCUT2D eigenvalue weighted by atomic mass is 10.1. The van der Waals surface area contributed by atoms with Crippen LogP contribution in [0.5, 0.6) is 0 Å². The second-order valence-corrected chi connectivity index (χ2v) is 6.04. The van der Waals surface area contributed by atoms with Crippen LogP contribution in [0, 0.1) is 13.8 Å². The van der Waals surface area contributed by atoms with Crippen LogP contribution < -0.4 is 5.32 Å². The third-order valence-corrected chi connectivity index (χ3v) is 3.76. The summed E-state index contributed by atoms with van der Waals surface area (Å²) in [5.74, 6) is 0.339. The van der Waals surface area contributed by atoms with Crippen molar-refractivity contribution in [3.05, 3.63) is 35.2 Å². The molecule has 0 fully saturated rings. The van der Waals surface area contributed by atoms with Crippen LogP contribution >= 0.6 is 0 Å². The minimum absolute atomic E-state index is 0.0696. The number of nitrogens with one attached hydrogen (secondary N) is 1. The lowest BCUT2D eigenvalue weighted by molar-refractivity contribution is 0.0907. The van der Waals surface area contributed by atoms with E-state index in [4.69, 9.17) is 8.94 Å². The number of amides is 1. The third-order valence-electron chi connectivity index (χ3n) is 3.76. The summed E-state index contributed by atoms with van der Waals surface area (Å²) in [4.78, 5) is 18.1. The van der Waals surface area contributed by atoms with Gasteiger partial charge in [0.15, 0.2) is 5.76 Å². The van der Waals surface area contributed by atoms with Crippen molar-refractivity contribution in [1.82, 2.24) is 20.4 Å². The summed E-state index contributed by atoms with van der Waals surface area (Å²) in [7, 11) is 3.87. The predicted octanol–water partition coefficient (Wildman–Crippen LogP) is 2.39. The molecule has 1 aromatic carbocycles. The third kappa shape index (κ3) is 3.16. The zero-order chi connectivity index (χ0) is 17.3. The van der Waals surface area contributed by atoms with Gasteiger partial charge in [-0.1, -0.05) is 16.8 Å². The molecule has 0 saturated carbocycles. The second kappa shape index (κ2) is 6.45. The summed E-state index contributed by atoms with van der Waals surface area (Å²) >= 11 is 0. The highest BCUT2D eigenvalue weighted by molar-refractivity contribution is 5.90. The molecule has 7 heteroatoms. The first-order valence-corrected chi connectivity index (χ1v) is 7.72. The maximum absolute atomic E-state index is 12.0. The number of fused-ring (bicyclic) bond motifs is 1. The summed E-state index contributed by atoms with van der Waals surface area (Å²) in [6.07, 6.45) is 0. The van der Waals surface area contributed by atoms with Crippen molar-refractivity contribution in [2.45, 2.75) is 13.8 Å². The molecule has 0 unspecified atom stereocenters. The van der Waals surface area contributed by atoms with E-state index < -0.39 is 0 Å². The maximum atomic E-state index is 12.0. The first-order valence-electron chi connectivity index (χ1n) is 7.72. The lowest BCUT2D eigenvalue weighted by Crippen LogP contribution is -2.31. The van der Waals surface area contributed by atoms with Crippen molar-refractivity contribution in [1.29, 1.82) is 0 Å². The van der Waals surface area contributed by atoms with E-state index in [2.05, 4.69) is 15.5 Å². The fraction of sp³-hybridized carbons (Fsp3) is 0.353. The number of aromatic nitrogens is 2. The van der Waals surface area contributed by atoms with Crippen LogP contribution in [0.25, 0.3) is 22.6 Å². The molecule has 126 valence electrons. The number of rotatable bonds is 5. The molecule has 0 atom stereocenters. The van der Waals surface area contributed by atoms with Gasteiger partial charge in [0.05, 0.1) is 0 Å². The number of furan rings is 1. The first-order chi connectivity index (χ1) is 11.5. The predicted molar refractivity (Wildman–Crippen MR) is 89.9 cm³/mol. The van der Waals surface area contributed by atoms with Crippen LogP contribution in [0.15, 0.2) is 27.1 Å². The monoisotopic (exact) mass is 328 g/mol.